The van der Waals surface area contributed by atoms with Gasteiger partial charge in [-0.15, -0.1) is 0 Å². The first-order chi connectivity index (χ1) is 9.65. The summed E-state index contributed by atoms with van der Waals surface area (Å²) in [5.74, 6) is -0.673. The van der Waals surface area contributed by atoms with Gasteiger partial charge in [0.1, 0.15) is 17.9 Å². The largest absolute Gasteiger partial charge is 0.298 e. The van der Waals surface area contributed by atoms with Gasteiger partial charge in [-0.3, -0.25) is 4.79 Å². The molecule has 0 atom stereocenters. The minimum Gasteiger partial charge on any atom is -0.298 e. The van der Waals surface area contributed by atoms with E-state index < -0.39 is 0 Å². The second kappa shape index (κ2) is 6.24. The summed E-state index contributed by atoms with van der Waals surface area (Å²) in [4.78, 5) is 11.3. The summed E-state index contributed by atoms with van der Waals surface area (Å²) in [6, 6.07) is 11.8. The maximum Gasteiger partial charge on any atom is 0.146 e. The molecule has 0 saturated heterocycles. The van der Waals surface area contributed by atoms with E-state index in [1.54, 1.807) is 24.3 Å². The number of hydrogen-bond donors (Lipinski definition) is 0. The molecule has 0 heterocycles. The van der Waals surface area contributed by atoms with Gasteiger partial charge in [0, 0.05) is 5.57 Å². The lowest BCUT2D eigenvalue weighted by Crippen LogP contribution is -1.96. The van der Waals surface area contributed by atoms with Crippen molar-refractivity contribution in [3.8, 4) is 0 Å². The highest BCUT2D eigenvalue weighted by atomic mass is 19.1. The lowest BCUT2D eigenvalue weighted by atomic mass is 9.92. The lowest BCUT2D eigenvalue weighted by molar-refractivity contribution is -0.104. The number of aldehydes is 1. The molecule has 0 bridgehead atoms. The predicted molar refractivity (Wildman–Crippen MR) is 75.2 cm³/mol. The van der Waals surface area contributed by atoms with Gasteiger partial charge in [-0.25, -0.2) is 8.78 Å². The van der Waals surface area contributed by atoms with E-state index in [1.165, 1.54) is 24.3 Å². The van der Waals surface area contributed by atoms with Crippen molar-refractivity contribution in [3.05, 3.63) is 76.9 Å². The molecule has 0 spiro atoms. The molecule has 0 amide bonds. The lowest BCUT2D eigenvalue weighted by Gasteiger charge is -2.12. The molecule has 0 aliphatic carbocycles. The monoisotopic (exact) mass is 272 g/mol. The number of halogens is 2. The molecule has 0 fully saturated rings. The second-order valence-electron chi connectivity index (χ2n) is 4.39. The van der Waals surface area contributed by atoms with E-state index in [0.717, 1.165) is 17.4 Å². The third-order valence-electron chi connectivity index (χ3n) is 3.11. The molecule has 0 unspecified atom stereocenters. The number of carbonyl (C=O) groups excluding carboxylic acids is 1. The topological polar surface area (TPSA) is 17.1 Å². The fraction of sp³-hybridized carbons (Fsp3) is 0.118. The molecule has 102 valence electrons. The van der Waals surface area contributed by atoms with Gasteiger partial charge >= 0.3 is 0 Å². The summed E-state index contributed by atoms with van der Waals surface area (Å²) in [5, 5.41) is 0. The zero-order valence-corrected chi connectivity index (χ0v) is 11.1. The summed E-state index contributed by atoms with van der Waals surface area (Å²) in [5.41, 5.74) is 2.79. The van der Waals surface area contributed by atoms with E-state index in [4.69, 9.17) is 0 Å². The Morgan fingerprint density at radius 2 is 1.30 bits per heavy atom. The maximum atomic E-state index is 13.0. The standard InChI is InChI=1S/C17H14F2O/c1-2-12(11-20)17(13-3-7-15(18)8-4-13)14-5-9-16(19)10-6-14/h3-11H,2H2,1H3. The first-order valence-electron chi connectivity index (χ1n) is 6.36. The van der Waals surface area contributed by atoms with E-state index >= 15 is 0 Å². The molecule has 2 aromatic rings. The van der Waals surface area contributed by atoms with Crippen molar-refractivity contribution in [3.63, 3.8) is 0 Å². The van der Waals surface area contributed by atoms with Gasteiger partial charge in [0.05, 0.1) is 0 Å². The van der Waals surface area contributed by atoms with Gasteiger partial charge in [0.15, 0.2) is 0 Å². The van der Waals surface area contributed by atoms with Crippen LogP contribution in [0.5, 0.6) is 0 Å². The van der Waals surface area contributed by atoms with Gasteiger partial charge in [-0.2, -0.15) is 0 Å². The fourth-order valence-corrected chi connectivity index (χ4v) is 2.09. The number of rotatable bonds is 4. The number of benzene rings is 2. The predicted octanol–water partition coefficient (Wildman–Crippen LogP) is 4.38. The Kier molecular flexibility index (Phi) is 4.41. The number of carbonyl (C=O) groups is 1. The highest BCUT2D eigenvalue weighted by molar-refractivity contribution is 5.94. The van der Waals surface area contributed by atoms with Crippen LogP contribution in [-0.2, 0) is 4.79 Å². The maximum absolute atomic E-state index is 13.0. The molecule has 0 aromatic heterocycles. The van der Waals surface area contributed by atoms with Crippen molar-refractivity contribution in [2.24, 2.45) is 0 Å². The molecular formula is C17H14F2O. The van der Waals surface area contributed by atoms with Gasteiger partial charge in [-0.05, 0) is 47.4 Å². The Morgan fingerprint density at radius 1 is 0.900 bits per heavy atom. The molecule has 2 aromatic carbocycles. The summed E-state index contributed by atoms with van der Waals surface area (Å²) < 4.78 is 26.1. The minimum absolute atomic E-state index is 0.337. The van der Waals surface area contributed by atoms with Crippen LogP contribution in [0.1, 0.15) is 24.5 Å². The molecule has 0 aliphatic heterocycles. The van der Waals surface area contributed by atoms with E-state index in [2.05, 4.69) is 0 Å². The van der Waals surface area contributed by atoms with Crippen molar-refractivity contribution in [1.29, 1.82) is 0 Å². The third kappa shape index (κ3) is 2.99. The van der Waals surface area contributed by atoms with Crippen LogP contribution in [-0.4, -0.2) is 6.29 Å². The molecule has 0 N–H and O–H groups in total. The molecule has 3 heteroatoms. The molecule has 20 heavy (non-hydrogen) atoms. The van der Waals surface area contributed by atoms with Crippen molar-refractivity contribution in [2.75, 3.05) is 0 Å². The number of hydrogen-bond acceptors (Lipinski definition) is 1. The molecular weight excluding hydrogens is 258 g/mol. The van der Waals surface area contributed by atoms with Crippen molar-refractivity contribution in [2.45, 2.75) is 13.3 Å². The van der Waals surface area contributed by atoms with Crippen molar-refractivity contribution < 1.29 is 13.6 Å². The van der Waals surface area contributed by atoms with Crippen LogP contribution >= 0.6 is 0 Å². The minimum atomic E-state index is -0.337. The van der Waals surface area contributed by atoms with Crippen LogP contribution in [0.3, 0.4) is 0 Å². The van der Waals surface area contributed by atoms with E-state index in [9.17, 15) is 13.6 Å². The zero-order chi connectivity index (χ0) is 14.5. The van der Waals surface area contributed by atoms with Crippen LogP contribution in [0.2, 0.25) is 0 Å². The summed E-state index contributed by atoms with van der Waals surface area (Å²) in [6.07, 6.45) is 1.34. The number of allylic oxidation sites excluding steroid dienone is 1. The first kappa shape index (κ1) is 14.1. The third-order valence-corrected chi connectivity index (χ3v) is 3.11. The van der Waals surface area contributed by atoms with Crippen LogP contribution in [0.15, 0.2) is 54.1 Å². The molecule has 0 radical (unpaired) electrons. The highest BCUT2D eigenvalue weighted by Crippen LogP contribution is 2.28. The Bertz CT molecular complexity index is 578. The van der Waals surface area contributed by atoms with E-state index in [0.29, 0.717) is 17.6 Å². The van der Waals surface area contributed by atoms with Crippen LogP contribution in [0.25, 0.3) is 5.57 Å². The zero-order valence-electron chi connectivity index (χ0n) is 11.1. The van der Waals surface area contributed by atoms with Gasteiger partial charge in [-0.1, -0.05) is 31.2 Å². The van der Waals surface area contributed by atoms with Crippen LogP contribution in [0.4, 0.5) is 8.78 Å². The van der Waals surface area contributed by atoms with Gasteiger partial charge in [0.25, 0.3) is 0 Å². The Labute approximate surface area is 116 Å². The highest BCUT2D eigenvalue weighted by Gasteiger charge is 2.11. The average Bonchev–Trinajstić information content (AvgIpc) is 2.47. The van der Waals surface area contributed by atoms with Crippen LogP contribution < -0.4 is 0 Å². The Balaban J connectivity index is 2.62. The molecule has 2 rings (SSSR count). The summed E-state index contributed by atoms with van der Waals surface area (Å²) in [7, 11) is 0. The Hall–Kier alpha value is -2.29. The quantitative estimate of drug-likeness (QED) is 0.596. The molecule has 0 aliphatic rings. The second-order valence-corrected chi connectivity index (χ2v) is 4.39. The molecule has 1 nitrogen and oxygen atoms in total. The van der Waals surface area contributed by atoms with Gasteiger partial charge < -0.3 is 0 Å². The fourth-order valence-electron chi connectivity index (χ4n) is 2.09. The van der Waals surface area contributed by atoms with Crippen molar-refractivity contribution in [1.82, 2.24) is 0 Å². The SMILES string of the molecule is CCC(C=O)=C(c1ccc(F)cc1)c1ccc(F)cc1. The molecule has 0 saturated carbocycles. The summed E-state index contributed by atoms with van der Waals surface area (Å²) >= 11 is 0. The summed E-state index contributed by atoms with van der Waals surface area (Å²) in [6.45, 7) is 1.87. The van der Waals surface area contributed by atoms with E-state index in [1.807, 2.05) is 6.92 Å². The first-order valence-corrected chi connectivity index (χ1v) is 6.36. The van der Waals surface area contributed by atoms with Crippen molar-refractivity contribution >= 4 is 11.9 Å². The smallest absolute Gasteiger partial charge is 0.146 e. The van der Waals surface area contributed by atoms with E-state index in [-0.39, 0.29) is 11.6 Å². The Morgan fingerprint density at radius 3 is 1.60 bits per heavy atom. The average molecular weight is 272 g/mol. The normalized spacial score (nSPS) is 10.2. The van der Waals surface area contributed by atoms with Gasteiger partial charge in [0.2, 0.25) is 0 Å². The van der Waals surface area contributed by atoms with Crippen LogP contribution in [0, 0.1) is 11.6 Å².